The number of morpholine rings is 1. The van der Waals surface area contributed by atoms with E-state index in [-0.39, 0.29) is 5.91 Å². The standard InChI is InChI=1S/C21H23N3O2S2/c1-14(2)13-24-20(25)18(28-21(24)27)12-16-11-15-5-3-4-6-17(15)22-19(16)23-7-9-26-10-8-23/h3-6,11-12,14H,7-10,13H2,1-2H3/b18-12+. The van der Waals surface area contributed by atoms with Gasteiger partial charge in [0.05, 0.1) is 23.6 Å². The Balaban J connectivity index is 1.75. The zero-order valence-corrected chi connectivity index (χ0v) is 17.7. The van der Waals surface area contributed by atoms with E-state index in [0.29, 0.717) is 34.9 Å². The fraction of sp³-hybridized carbons (Fsp3) is 0.381. The highest BCUT2D eigenvalue weighted by Gasteiger charge is 2.32. The van der Waals surface area contributed by atoms with Crippen molar-refractivity contribution in [3.63, 3.8) is 0 Å². The number of rotatable bonds is 4. The van der Waals surface area contributed by atoms with Gasteiger partial charge in [-0.15, -0.1) is 0 Å². The Morgan fingerprint density at radius 1 is 1.29 bits per heavy atom. The summed E-state index contributed by atoms with van der Waals surface area (Å²) < 4.78 is 6.13. The van der Waals surface area contributed by atoms with Crippen molar-refractivity contribution in [3.05, 3.63) is 40.8 Å². The van der Waals surface area contributed by atoms with Gasteiger partial charge in [-0.25, -0.2) is 4.98 Å². The van der Waals surface area contributed by atoms with Gasteiger partial charge in [-0.3, -0.25) is 9.69 Å². The van der Waals surface area contributed by atoms with Gasteiger partial charge in [0.15, 0.2) is 0 Å². The van der Waals surface area contributed by atoms with E-state index >= 15 is 0 Å². The van der Waals surface area contributed by atoms with Gasteiger partial charge >= 0.3 is 0 Å². The molecule has 5 nitrogen and oxygen atoms in total. The van der Waals surface area contributed by atoms with Crippen molar-refractivity contribution in [1.29, 1.82) is 0 Å². The zero-order valence-electron chi connectivity index (χ0n) is 16.1. The van der Waals surface area contributed by atoms with Crippen LogP contribution in [0.4, 0.5) is 5.82 Å². The molecule has 0 bridgehead atoms. The van der Waals surface area contributed by atoms with E-state index in [1.165, 1.54) is 11.8 Å². The van der Waals surface area contributed by atoms with Crippen molar-refractivity contribution in [2.24, 2.45) is 5.92 Å². The molecular weight excluding hydrogens is 390 g/mol. The molecule has 0 radical (unpaired) electrons. The number of para-hydroxylation sites is 1. The Bertz CT molecular complexity index is 952. The molecule has 0 unspecified atom stereocenters. The fourth-order valence-corrected chi connectivity index (χ4v) is 4.69. The SMILES string of the molecule is CC(C)CN1C(=O)/C(=C\c2cc3ccccc3nc2N2CCOCC2)SC1=S. The number of nitrogens with zero attached hydrogens (tertiary/aromatic N) is 3. The number of hydrogen-bond donors (Lipinski definition) is 0. The number of amides is 1. The lowest BCUT2D eigenvalue weighted by Crippen LogP contribution is -2.37. The van der Waals surface area contributed by atoms with Crippen LogP contribution in [0.15, 0.2) is 35.2 Å². The fourth-order valence-electron chi connectivity index (χ4n) is 3.42. The highest BCUT2D eigenvalue weighted by Crippen LogP contribution is 2.35. The average Bonchev–Trinajstić information content (AvgIpc) is 2.95. The number of aromatic nitrogens is 1. The Morgan fingerprint density at radius 3 is 2.79 bits per heavy atom. The molecular formula is C21H23N3O2S2. The number of thiocarbonyl (C=S) groups is 1. The first kappa shape index (κ1) is 19.4. The summed E-state index contributed by atoms with van der Waals surface area (Å²) in [4.78, 5) is 22.4. The minimum absolute atomic E-state index is 0.00946. The molecule has 0 N–H and O–H groups in total. The van der Waals surface area contributed by atoms with Gasteiger partial charge in [0.2, 0.25) is 0 Å². The van der Waals surface area contributed by atoms with E-state index < -0.39 is 0 Å². The first-order chi connectivity index (χ1) is 13.5. The van der Waals surface area contributed by atoms with Gasteiger partial charge in [0, 0.05) is 30.6 Å². The number of benzene rings is 1. The molecule has 1 amide bonds. The van der Waals surface area contributed by atoms with Crippen molar-refractivity contribution >= 4 is 57.0 Å². The van der Waals surface area contributed by atoms with Crippen LogP contribution < -0.4 is 4.90 Å². The molecule has 3 heterocycles. The molecule has 0 spiro atoms. The zero-order chi connectivity index (χ0) is 19.7. The molecule has 0 aliphatic carbocycles. The summed E-state index contributed by atoms with van der Waals surface area (Å²) >= 11 is 6.83. The molecule has 1 aromatic carbocycles. The normalized spacial score (nSPS) is 19.5. The third-order valence-corrected chi connectivity index (χ3v) is 6.13. The summed E-state index contributed by atoms with van der Waals surface area (Å²) in [6.45, 7) is 7.78. The van der Waals surface area contributed by atoms with Crippen LogP contribution in [-0.2, 0) is 9.53 Å². The summed E-state index contributed by atoms with van der Waals surface area (Å²) in [5.41, 5.74) is 1.90. The van der Waals surface area contributed by atoms with Crippen molar-refractivity contribution in [1.82, 2.24) is 9.88 Å². The van der Waals surface area contributed by atoms with E-state index in [9.17, 15) is 4.79 Å². The van der Waals surface area contributed by atoms with Crippen molar-refractivity contribution in [3.8, 4) is 0 Å². The van der Waals surface area contributed by atoms with Gasteiger partial charge in [-0.1, -0.05) is 56.0 Å². The number of hydrogen-bond acceptors (Lipinski definition) is 6. The molecule has 2 fully saturated rings. The van der Waals surface area contributed by atoms with Crippen LogP contribution in [0.3, 0.4) is 0 Å². The van der Waals surface area contributed by atoms with E-state index in [4.69, 9.17) is 21.9 Å². The molecule has 2 aliphatic rings. The van der Waals surface area contributed by atoms with Crippen LogP contribution in [0.5, 0.6) is 0 Å². The number of anilines is 1. The molecule has 2 saturated heterocycles. The van der Waals surface area contributed by atoms with Crippen LogP contribution in [0.1, 0.15) is 19.4 Å². The topological polar surface area (TPSA) is 45.7 Å². The molecule has 7 heteroatoms. The minimum Gasteiger partial charge on any atom is -0.378 e. The molecule has 146 valence electrons. The Hall–Kier alpha value is -1.96. The highest BCUT2D eigenvalue weighted by molar-refractivity contribution is 8.26. The quantitative estimate of drug-likeness (QED) is 0.559. The minimum atomic E-state index is -0.00946. The number of thioether (sulfide) groups is 1. The number of ether oxygens (including phenoxy) is 1. The molecule has 2 aliphatic heterocycles. The highest BCUT2D eigenvalue weighted by atomic mass is 32.2. The monoisotopic (exact) mass is 413 g/mol. The summed E-state index contributed by atoms with van der Waals surface area (Å²) in [6.07, 6.45) is 1.95. The first-order valence-electron chi connectivity index (χ1n) is 9.51. The second-order valence-electron chi connectivity index (χ2n) is 7.38. The molecule has 0 saturated carbocycles. The maximum atomic E-state index is 12.9. The van der Waals surface area contributed by atoms with Gasteiger partial charge in [-0.05, 0) is 24.1 Å². The van der Waals surface area contributed by atoms with E-state index in [1.54, 1.807) is 4.90 Å². The lowest BCUT2D eigenvalue weighted by molar-refractivity contribution is -0.122. The molecule has 28 heavy (non-hydrogen) atoms. The Morgan fingerprint density at radius 2 is 2.04 bits per heavy atom. The van der Waals surface area contributed by atoms with Gasteiger partial charge in [0.1, 0.15) is 10.1 Å². The van der Waals surface area contributed by atoms with Crippen LogP contribution in [0.25, 0.3) is 17.0 Å². The van der Waals surface area contributed by atoms with E-state index in [0.717, 1.165) is 35.4 Å². The average molecular weight is 414 g/mol. The summed E-state index contributed by atoms with van der Waals surface area (Å²) in [5, 5.41) is 1.06. The maximum Gasteiger partial charge on any atom is 0.266 e. The largest absolute Gasteiger partial charge is 0.378 e. The molecule has 4 rings (SSSR count). The Labute approximate surface area is 174 Å². The smallest absolute Gasteiger partial charge is 0.266 e. The third-order valence-electron chi connectivity index (χ3n) is 4.75. The first-order valence-corrected chi connectivity index (χ1v) is 10.7. The van der Waals surface area contributed by atoms with E-state index in [2.05, 4.69) is 24.8 Å². The second kappa shape index (κ2) is 8.19. The second-order valence-corrected chi connectivity index (χ2v) is 9.06. The van der Waals surface area contributed by atoms with E-state index in [1.807, 2.05) is 30.3 Å². The lowest BCUT2D eigenvalue weighted by atomic mass is 10.1. The number of carbonyl (C=O) groups excluding carboxylic acids is 1. The number of pyridine rings is 1. The summed E-state index contributed by atoms with van der Waals surface area (Å²) in [5.74, 6) is 1.26. The predicted molar refractivity (Wildman–Crippen MR) is 119 cm³/mol. The third kappa shape index (κ3) is 3.92. The predicted octanol–water partition coefficient (Wildman–Crippen LogP) is 3.93. The molecule has 1 aromatic heterocycles. The van der Waals surface area contributed by atoms with Gasteiger partial charge < -0.3 is 9.64 Å². The number of fused-ring (bicyclic) bond motifs is 1. The summed E-state index contributed by atoms with van der Waals surface area (Å²) in [6, 6.07) is 10.2. The van der Waals surface area contributed by atoms with Gasteiger partial charge in [0.25, 0.3) is 5.91 Å². The van der Waals surface area contributed by atoms with Crippen molar-refractivity contribution < 1.29 is 9.53 Å². The van der Waals surface area contributed by atoms with Crippen LogP contribution in [0.2, 0.25) is 0 Å². The molecule has 2 aromatic rings. The van der Waals surface area contributed by atoms with Crippen molar-refractivity contribution in [2.75, 3.05) is 37.7 Å². The van der Waals surface area contributed by atoms with Gasteiger partial charge in [-0.2, -0.15) is 0 Å². The van der Waals surface area contributed by atoms with Crippen molar-refractivity contribution in [2.45, 2.75) is 13.8 Å². The number of carbonyl (C=O) groups is 1. The van der Waals surface area contributed by atoms with Crippen LogP contribution in [0, 0.1) is 5.92 Å². The Kier molecular flexibility index (Phi) is 5.66. The summed E-state index contributed by atoms with van der Waals surface area (Å²) in [7, 11) is 0. The van der Waals surface area contributed by atoms with Crippen LogP contribution in [-0.4, -0.2) is 53.0 Å². The maximum absolute atomic E-state index is 12.9. The lowest BCUT2D eigenvalue weighted by Gasteiger charge is -2.29. The molecule has 0 atom stereocenters. The van der Waals surface area contributed by atoms with Crippen LogP contribution >= 0.6 is 24.0 Å².